The molecule has 1 atom stereocenters. The van der Waals surface area contributed by atoms with Crippen molar-refractivity contribution in [2.24, 2.45) is 17.6 Å². The second kappa shape index (κ2) is 5.35. The van der Waals surface area contributed by atoms with Crippen LogP contribution in [-0.2, 0) is 9.53 Å². The molecule has 0 aromatic heterocycles. The molecule has 0 aromatic carbocycles. The summed E-state index contributed by atoms with van der Waals surface area (Å²) in [5, 5.41) is 0. The third-order valence-corrected chi connectivity index (χ3v) is 3.13. The summed E-state index contributed by atoms with van der Waals surface area (Å²) in [6.07, 6.45) is 4.53. The number of nitrogens with two attached hydrogens (primary N) is 1. The zero-order valence-corrected chi connectivity index (χ0v) is 9.16. The van der Waals surface area contributed by atoms with Crippen LogP contribution in [0.5, 0.6) is 0 Å². The van der Waals surface area contributed by atoms with Gasteiger partial charge in [-0.25, -0.2) is 0 Å². The van der Waals surface area contributed by atoms with E-state index < -0.39 is 6.04 Å². The van der Waals surface area contributed by atoms with Gasteiger partial charge in [0.15, 0.2) is 0 Å². The summed E-state index contributed by atoms with van der Waals surface area (Å²) in [7, 11) is 0. The number of carbonyl (C=O) groups excluding carboxylic acids is 1. The summed E-state index contributed by atoms with van der Waals surface area (Å²) < 4.78 is 4.92. The molecule has 82 valence electrons. The highest BCUT2D eigenvalue weighted by Gasteiger charge is 2.28. The molecule has 0 radical (unpaired) electrons. The molecule has 0 amide bonds. The van der Waals surface area contributed by atoms with Gasteiger partial charge in [-0.05, 0) is 31.6 Å². The highest BCUT2D eigenvalue weighted by molar-refractivity contribution is 5.75. The van der Waals surface area contributed by atoms with Crippen LogP contribution in [-0.4, -0.2) is 18.6 Å². The minimum absolute atomic E-state index is 0.230. The van der Waals surface area contributed by atoms with Crippen LogP contribution in [0.1, 0.15) is 39.5 Å². The quantitative estimate of drug-likeness (QED) is 0.704. The van der Waals surface area contributed by atoms with Gasteiger partial charge in [-0.15, -0.1) is 0 Å². The molecule has 0 aliphatic heterocycles. The predicted molar refractivity (Wildman–Crippen MR) is 55.7 cm³/mol. The third kappa shape index (κ3) is 2.98. The van der Waals surface area contributed by atoms with E-state index in [9.17, 15) is 4.79 Å². The first-order valence-corrected chi connectivity index (χ1v) is 5.57. The van der Waals surface area contributed by atoms with Gasteiger partial charge in [0.25, 0.3) is 0 Å². The van der Waals surface area contributed by atoms with Gasteiger partial charge in [-0.1, -0.05) is 19.8 Å². The number of ether oxygens (including phenoxy) is 1. The minimum Gasteiger partial charge on any atom is -0.465 e. The van der Waals surface area contributed by atoms with Gasteiger partial charge in [-0.2, -0.15) is 0 Å². The Morgan fingerprint density at radius 1 is 1.43 bits per heavy atom. The Hall–Kier alpha value is -0.570. The Kier molecular flexibility index (Phi) is 4.39. The molecule has 3 nitrogen and oxygen atoms in total. The van der Waals surface area contributed by atoms with Crippen LogP contribution in [0.4, 0.5) is 0 Å². The van der Waals surface area contributed by atoms with Gasteiger partial charge in [0.1, 0.15) is 6.04 Å². The van der Waals surface area contributed by atoms with Crippen molar-refractivity contribution in [2.75, 3.05) is 6.61 Å². The van der Waals surface area contributed by atoms with Gasteiger partial charge in [0.05, 0.1) is 6.61 Å². The average Bonchev–Trinajstić information content (AvgIpc) is 2.18. The van der Waals surface area contributed by atoms with E-state index in [1.807, 2.05) is 6.92 Å². The van der Waals surface area contributed by atoms with Crippen LogP contribution in [0.25, 0.3) is 0 Å². The van der Waals surface area contributed by atoms with E-state index in [0.29, 0.717) is 12.5 Å². The highest BCUT2D eigenvalue weighted by Crippen LogP contribution is 2.30. The standard InChI is InChI=1S/C11H21NO2/c1-3-14-11(13)10(12)9-6-4-8(2)5-7-9/h8-10H,3-7,12H2,1-2H3. The summed E-state index contributed by atoms with van der Waals surface area (Å²) >= 11 is 0. The van der Waals surface area contributed by atoms with Gasteiger partial charge in [-0.3, -0.25) is 4.79 Å². The molecule has 1 rings (SSSR count). The van der Waals surface area contributed by atoms with E-state index in [4.69, 9.17) is 10.5 Å². The van der Waals surface area contributed by atoms with E-state index in [0.717, 1.165) is 18.8 Å². The van der Waals surface area contributed by atoms with E-state index in [-0.39, 0.29) is 5.97 Å². The lowest BCUT2D eigenvalue weighted by atomic mass is 9.79. The summed E-state index contributed by atoms with van der Waals surface area (Å²) in [6, 6.07) is -0.401. The van der Waals surface area contributed by atoms with E-state index >= 15 is 0 Å². The molecular weight excluding hydrogens is 178 g/mol. The Bertz CT molecular complexity index is 186. The maximum Gasteiger partial charge on any atom is 0.323 e. The van der Waals surface area contributed by atoms with Gasteiger partial charge in [0.2, 0.25) is 0 Å². The monoisotopic (exact) mass is 199 g/mol. The Morgan fingerprint density at radius 2 is 2.00 bits per heavy atom. The third-order valence-electron chi connectivity index (χ3n) is 3.13. The number of esters is 1. The number of hydrogen-bond acceptors (Lipinski definition) is 3. The molecule has 2 N–H and O–H groups in total. The molecule has 1 unspecified atom stereocenters. The molecule has 1 fully saturated rings. The predicted octanol–water partition coefficient (Wildman–Crippen LogP) is 1.70. The number of hydrogen-bond donors (Lipinski definition) is 1. The summed E-state index contributed by atoms with van der Waals surface area (Å²) in [6.45, 7) is 4.50. The first-order valence-electron chi connectivity index (χ1n) is 5.57. The fraction of sp³-hybridized carbons (Fsp3) is 0.909. The molecule has 0 spiro atoms. The lowest BCUT2D eigenvalue weighted by Gasteiger charge is -2.29. The lowest BCUT2D eigenvalue weighted by molar-refractivity contribution is -0.146. The molecule has 14 heavy (non-hydrogen) atoms. The fourth-order valence-electron chi connectivity index (χ4n) is 2.08. The van der Waals surface area contributed by atoms with E-state index in [1.165, 1.54) is 12.8 Å². The smallest absolute Gasteiger partial charge is 0.323 e. The summed E-state index contributed by atoms with van der Waals surface area (Å²) in [4.78, 5) is 11.4. The van der Waals surface area contributed by atoms with Crippen LogP contribution < -0.4 is 5.73 Å². The molecular formula is C11H21NO2. The van der Waals surface area contributed by atoms with Gasteiger partial charge >= 0.3 is 5.97 Å². The Morgan fingerprint density at radius 3 is 2.50 bits per heavy atom. The van der Waals surface area contributed by atoms with Crippen molar-refractivity contribution < 1.29 is 9.53 Å². The second-order valence-electron chi connectivity index (χ2n) is 4.30. The van der Waals surface area contributed by atoms with Crippen molar-refractivity contribution in [3.8, 4) is 0 Å². The zero-order chi connectivity index (χ0) is 10.6. The largest absolute Gasteiger partial charge is 0.465 e. The van der Waals surface area contributed by atoms with Gasteiger partial charge in [0, 0.05) is 0 Å². The maximum absolute atomic E-state index is 11.4. The van der Waals surface area contributed by atoms with E-state index in [1.54, 1.807) is 0 Å². The number of carbonyl (C=O) groups is 1. The van der Waals surface area contributed by atoms with Gasteiger partial charge < -0.3 is 10.5 Å². The van der Waals surface area contributed by atoms with Crippen LogP contribution in [0, 0.1) is 11.8 Å². The van der Waals surface area contributed by atoms with Crippen molar-refractivity contribution in [1.82, 2.24) is 0 Å². The molecule has 1 saturated carbocycles. The van der Waals surface area contributed by atoms with Crippen LogP contribution in [0.3, 0.4) is 0 Å². The topological polar surface area (TPSA) is 52.3 Å². The molecule has 0 bridgehead atoms. The van der Waals surface area contributed by atoms with Crippen LogP contribution in [0.2, 0.25) is 0 Å². The lowest BCUT2D eigenvalue weighted by Crippen LogP contribution is -2.40. The maximum atomic E-state index is 11.4. The second-order valence-corrected chi connectivity index (χ2v) is 4.30. The highest BCUT2D eigenvalue weighted by atomic mass is 16.5. The first kappa shape index (κ1) is 11.5. The van der Waals surface area contributed by atoms with Crippen molar-refractivity contribution in [3.63, 3.8) is 0 Å². The molecule has 3 heteroatoms. The van der Waals surface area contributed by atoms with Crippen LogP contribution in [0.15, 0.2) is 0 Å². The van der Waals surface area contributed by atoms with Crippen molar-refractivity contribution >= 4 is 5.97 Å². The Balaban J connectivity index is 2.37. The fourth-order valence-corrected chi connectivity index (χ4v) is 2.08. The summed E-state index contributed by atoms with van der Waals surface area (Å²) in [5.41, 5.74) is 5.85. The van der Waals surface area contributed by atoms with Crippen molar-refractivity contribution in [3.05, 3.63) is 0 Å². The minimum atomic E-state index is -0.401. The summed E-state index contributed by atoms with van der Waals surface area (Å²) in [5.74, 6) is 0.901. The first-order chi connectivity index (χ1) is 6.65. The SMILES string of the molecule is CCOC(=O)C(N)C1CCC(C)CC1. The normalized spacial score (nSPS) is 29.6. The number of rotatable bonds is 3. The van der Waals surface area contributed by atoms with Crippen molar-refractivity contribution in [1.29, 1.82) is 0 Å². The molecule has 0 saturated heterocycles. The molecule has 0 aromatic rings. The zero-order valence-electron chi connectivity index (χ0n) is 9.16. The average molecular weight is 199 g/mol. The van der Waals surface area contributed by atoms with E-state index in [2.05, 4.69) is 6.92 Å². The molecule has 0 heterocycles. The molecule has 1 aliphatic carbocycles. The molecule has 1 aliphatic rings. The van der Waals surface area contributed by atoms with Crippen LogP contribution >= 0.6 is 0 Å². The Labute approximate surface area is 86.0 Å². The van der Waals surface area contributed by atoms with Crippen molar-refractivity contribution in [2.45, 2.75) is 45.6 Å².